The third-order valence-electron chi connectivity index (χ3n) is 5.66. The lowest BCUT2D eigenvalue weighted by Gasteiger charge is -2.28. The summed E-state index contributed by atoms with van der Waals surface area (Å²) in [6.07, 6.45) is 1.50. The molecule has 2 heterocycles. The van der Waals surface area contributed by atoms with E-state index in [4.69, 9.17) is 9.88 Å². The second-order valence-corrected chi connectivity index (χ2v) is 9.36. The van der Waals surface area contributed by atoms with E-state index in [1.165, 1.54) is 24.1 Å². The van der Waals surface area contributed by atoms with Crippen LogP contribution in [0.5, 0.6) is 0 Å². The van der Waals surface area contributed by atoms with Gasteiger partial charge < -0.3 is 15.0 Å². The van der Waals surface area contributed by atoms with E-state index in [1.54, 1.807) is 12.1 Å². The van der Waals surface area contributed by atoms with Crippen LogP contribution >= 0.6 is 0 Å². The molecule has 168 valence electrons. The fourth-order valence-electron chi connectivity index (χ4n) is 3.89. The van der Waals surface area contributed by atoms with Crippen molar-refractivity contribution in [3.05, 3.63) is 73.1 Å². The first-order chi connectivity index (χ1) is 16.0. The highest BCUT2D eigenvalue weighted by Gasteiger charge is 2.12. The Kier molecular flexibility index (Phi) is 5.67. The number of nitrogens with zero attached hydrogens (tertiary/aromatic N) is 3. The lowest BCUT2D eigenvalue weighted by Crippen LogP contribution is -2.36. The predicted molar refractivity (Wildman–Crippen MR) is 129 cm³/mol. The largest absolute Gasteiger partial charge is 0.378 e. The molecule has 1 aromatic heterocycles. The zero-order valence-corrected chi connectivity index (χ0v) is 18.6. The Morgan fingerprint density at radius 3 is 2.27 bits per heavy atom. The lowest BCUT2D eigenvalue weighted by atomic mass is 10.0. The van der Waals surface area contributed by atoms with Gasteiger partial charge in [-0.1, -0.05) is 18.2 Å². The zero-order valence-electron chi connectivity index (χ0n) is 17.8. The lowest BCUT2D eigenvalue weighted by molar-refractivity contribution is 0.122. The molecule has 8 nitrogen and oxygen atoms in total. The maximum Gasteiger partial charge on any atom is 0.238 e. The van der Waals surface area contributed by atoms with Gasteiger partial charge in [0.1, 0.15) is 12.1 Å². The van der Waals surface area contributed by atoms with Gasteiger partial charge in [0.25, 0.3) is 0 Å². The minimum atomic E-state index is -3.74. The molecule has 1 aliphatic heterocycles. The molecule has 5 rings (SSSR count). The number of hydrogen-bond acceptors (Lipinski definition) is 7. The molecule has 0 radical (unpaired) electrons. The van der Waals surface area contributed by atoms with Crippen molar-refractivity contribution in [1.82, 2.24) is 9.97 Å². The molecule has 0 aliphatic carbocycles. The molecule has 0 atom stereocenters. The van der Waals surface area contributed by atoms with Gasteiger partial charge in [-0.2, -0.15) is 0 Å². The molecule has 0 spiro atoms. The SMILES string of the molecule is NS(=O)(=O)c1ccc(Nc2ncnc3ccc(-c4ccc(N5CCOCC5)cc4)cc23)cc1. The molecule has 1 aliphatic rings. The molecular weight excluding hydrogens is 438 g/mol. The Labute approximate surface area is 192 Å². The van der Waals surface area contributed by atoms with Crippen LogP contribution in [0.1, 0.15) is 0 Å². The number of benzene rings is 3. The van der Waals surface area contributed by atoms with Crippen molar-refractivity contribution in [1.29, 1.82) is 0 Å². The van der Waals surface area contributed by atoms with E-state index in [0.29, 0.717) is 11.5 Å². The second-order valence-electron chi connectivity index (χ2n) is 7.79. The highest BCUT2D eigenvalue weighted by Crippen LogP contribution is 2.30. The maximum atomic E-state index is 11.5. The Bertz CT molecular complexity index is 1380. The number of rotatable bonds is 5. The summed E-state index contributed by atoms with van der Waals surface area (Å²) in [7, 11) is -3.74. The highest BCUT2D eigenvalue weighted by atomic mass is 32.2. The van der Waals surface area contributed by atoms with Gasteiger partial charge >= 0.3 is 0 Å². The fraction of sp³-hybridized carbons (Fsp3) is 0.167. The van der Waals surface area contributed by atoms with Crippen molar-refractivity contribution >= 4 is 38.1 Å². The molecule has 0 unspecified atom stereocenters. The van der Waals surface area contributed by atoms with Crippen LogP contribution in [0.3, 0.4) is 0 Å². The number of aromatic nitrogens is 2. The molecule has 3 aromatic carbocycles. The maximum absolute atomic E-state index is 11.5. The Morgan fingerprint density at radius 1 is 0.879 bits per heavy atom. The normalized spacial score (nSPS) is 14.4. The van der Waals surface area contributed by atoms with Gasteiger partial charge in [-0.25, -0.2) is 23.5 Å². The summed E-state index contributed by atoms with van der Waals surface area (Å²) in [6, 6.07) is 20.8. The van der Waals surface area contributed by atoms with Crippen LogP contribution in [0.2, 0.25) is 0 Å². The second kappa shape index (κ2) is 8.78. The van der Waals surface area contributed by atoms with Gasteiger partial charge in [-0.3, -0.25) is 0 Å². The van der Waals surface area contributed by atoms with E-state index in [9.17, 15) is 8.42 Å². The summed E-state index contributed by atoms with van der Waals surface area (Å²) in [4.78, 5) is 11.2. The van der Waals surface area contributed by atoms with E-state index in [-0.39, 0.29) is 4.90 Å². The van der Waals surface area contributed by atoms with Crippen molar-refractivity contribution in [2.75, 3.05) is 36.5 Å². The Morgan fingerprint density at radius 2 is 1.58 bits per heavy atom. The summed E-state index contributed by atoms with van der Waals surface area (Å²) in [5.74, 6) is 0.634. The Balaban J connectivity index is 1.43. The number of sulfonamides is 1. The monoisotopic (exact) mass is 461 g/mol. The van der Waals surface area contributed by atoms with E-state index in [1.807, 2.05) is 12.1 Å². The van der Waals surface area contributed by atoms with Crippen LogP contribution in [-0.4, -0.2) is 44.7 Å². The van der Waals surface area contributed by atoms with Crippen LogP contribution in [0.4, 0.5) is 17.2 Å². The van der Waals surface area contributed by atoms with Gasteiger partial charge in [0.15, 0.2) is 0 Å². The van der Waals surface area contributed by atoms with E-state index < -0.39 is 10.0 Å². The molecule has 4 aromatic rings. The molecule has 1 fully saturated rings. The summed E-state index contributed by atoms with van der Waals surface area (Å²) in [6.45, 7) is 3.32. The van der Waals surface area contributed by atoms with Crippen molar-refractivity contribution in [3.63, 3.8) is 0 Å². The van der Waals surface area contributed by atoms with E-state index in [2.05, 4.69) is 50.5 Å². The zero-order chi connectivity index (χ0) is 22.8. The van der Waals surface area contributed by atoms with Crippen LogP contribution in [0, 0.1) is 0 Å². The van der Waals surface area contributed by atoms with Crippen LogP contribution in [0.25, 0.3) is 22.0 Å². The van der Waals surface area contributed by atoms with Gasteiger partial charge in [-0.15, -0.1) is 0 Å². The molecule has 0 bridgehead atoms. The first-order valence-corrected chi connectivity index (χ1v) is 12.1. The van der Waals surface area contributed by atoms with Gasteiger partial charge in [0, 0.05) is 29.9 Å². The quantitative estimate of drug-likeness (QED) is 0.468. The Hall–Kier alpha value is -3.53. The third kappa shape index (κ3) is 4.65. The van der Waals surface area contributed by atoms with Gasteiger partial charge in [-0.05, 0) is 59.7 Å². The number of morpholine rings is 1. The van der Waals surface area contributed by atoms with Crippen LogP contribution in [0.15, 0.2) is 78.0 Å². The van der Waals surface area contributed by atoms with Crippen molar-refractivity contribution in [2.24, 2.45) is 5.14 Å². The smallest absolute Gasteiger partial charge is 0.238 e. The number of nitrogens with one attached hydrogen (secondary N) is 1. The van der Waals surface area contributed by atoms with E-state index >= 15 is 0 Å². The molecule has 1 saturated heterocycles. The minimum absolute atomic E-state index is 0.0587. The van der Waals surface area contributed by atoms with Crippen molar-refractivity contribution < 1.29 is 13.2 Å². The van der Waals surface area contributed by atoms with Crippen molar-refractivity contribution in [2.45, 2.75) is 4.90 Å². The number of anilines is 3. The van der Waals surface area contributed by atoms with Gasteiger partial charge in [0.2, 0.25) is 10.0 Å². The predicted octanol–water partition coefficient (Wildman–Crippen LogP) is 3.52. The molecule has 33 heavy (non-hydrogen) atoms. The first-order valence-electron chi connectivity index (χ1n) is 10.6. The summed E-state index contributed by atoms with van der Waals surface area (Å²) in [5.41, 5.74) is 4.85. The molecule has 9 heteroatoms. The van der Waals surface area contributed by atoms with Crippen LogP contribution < -0.4 is 15.4 Å². The molecular formula is C24H23N5O3S. The number of nitrogens with two attached hydrogens (primary N) is 1. The number of hydrogen-bond donors (Lipinski definition) is 2. The number of fused-ring (bicyclic) bond motifs is 1. The molecule has 0 amide bonds. The fourth-order valence-corrected chi connectivity index (χ4v) is 4.40. The average molecular weight is 462 g/mol. The van der Waals surface area contributed by atoms with Crippen LogP contribution in [-0.2, 0) is 14.8 Å². The highest BCUT2D eigenvalue weighted by molar-refractivity contribution is 7.89. The average Bonchev–Trinajstić information content (AvgIpc) is 2.84. The minimum Gasteiger partial charge on any atom is -0.378 e. The number of ether oxygens (including phenoxy) is 1. The van der Waals surface area contributed by atoms with Gasteiger partial charge in [0.05, 0.1) is 23.6 Å². The third-order valence-corrected chi connectivity index (χ3v) is 6.59. The summed E-state index contributed by atoms with van der Waals surface area (Å²) >= 11 is 0. The van der Waals surface area contributed by atoms with E-state index in [0.717, 1.165) is 48.3 Å². The van der Waals surface area contributed by atoms with Crippen molar-refractivity contribution in [3.8, 4) is 11.1 Å². The topological polar surface area (TPSA) is 110 Å². The first kappa shape index (κ1) is 21.3. The summed E-state index contributed by atoms with van der Waals surface area (Å²) < 4.78 is 28.4. The molecule has 0 saturated carbocycles. The summed E-state index contributed by atoms with van der Waals surface area (Å²) in [5, 5.41) is 9.30. The number of primary sulfonamides is 1. The molecule has 3 N–H and O–H groups in total. The standard InChI is InChI=1S/C24H23N5O3S/c25-33(30,31)21-8-4-19(5-9-21)28-24-22-15-18(3-10-23(22)26-16-27-24)17-1-6-20(7-2-17)29-11-13-32-14-12-29/h1-10,15-16H,11-14H2,(H2,25,30,31)(H,26,27,28).